The van der Waals surface area contributed by atoms with Crippen LogP contribution in [0, 0.1) is 22.7 Å². The molecule has 2 N–H and O–H groups in total. The van der Waals surface area contributed by atoms with Gasteiger partial charge in [0.05, 0.1) is 11.3 Å². The second-order valence-corrected chi connectivity index (χ2v) is 4.29. The molecule has 2 aromatic carbocycles. The lowest BCUT2D eigenvalue weighted by atomic mass is 10.1. The van der Waals surface area contributed by atoms with Crippen LogP contribution in [0.2, 0.25) is 0 Å². The van der Waals surface area contributed by atoms with Crippen molar-refractivity contribution in [3.8, 4) is 12.1 Å². The van der Waals surface area contributed by atoms with Crippen LogP contribution in [-0.4, -0.2) is 5.91 Å². The predicted octanol–water partition coefficient (Wildman–Crippen LogP) is 3.28. The molecular weight excluding hydrogens is 276 g/mol. The SMILES string of the molecule is N#CC(C#N)=CNc1ccccc1C(=O)Nc1ccccc1. The van der Waals surface area contributed by atoms with Gasteiger partial charge in [0, 0.05) is 11.9 Å². The molecule has 0 aromatic heterocycles. The maximum atomic E-state index is 12.3. The van der Waals surface area contributed by atoms with Gasteiger partial charge in [-0.3, -0.25) is 4.79 Å². The monoisotopic (exact) mass is 288 g/mol. The Hall–Kier alpha value is -3.57. The van der Waals surface area contributed by atoms with E-state index in [0.717, 1.165) is 0 Å². The summed E-state index contributed by atoms with van der Waals surface area (Å²) in [7, 11) is 0. The van der Waals surface area contributed by atoms with Gasteiger partial charge in [0.25, 0.3) is 5.91 Å². The summed E-state index contributed by atoms with van der Waals surface area (Å²) in [5.41, 5.74) is 1.54. The topological polar surface area (TPSA) is 88.7 Å². The lowest BCUT2D eigenvalue weighted by molar-refractivity contribution is 0.102. The van der Waals surface area contributed by atoms with E-state index in [1.165, 1.54) is 6.20 Å². The minimum Gasteiger partial charge on any atom is -0.359 e. The van der Waals surface area contributed by atoms with Gasteiger partial charge in [-0.05, 0) is 24.3 Å². The highest BCUT2D eigenvalue weighted by Crippen LogP contribution is 2.17. The first-order valence-electron chi connectivity index (χ1n) is 6.47. The van der Waals surface area contributed by atoms with E-state index in [1.807, 2.05) is 18.2 Å². The quantitative estimate of drug-likeness (QED) is 0.845. The Morgan fingerprint density at radius 3 is 2.27 bits per heavy atom. The Kier molecular flexibility index (Phi) is 4.90. The van der Waals surface area contributed by atoms with Crippen LogP contribution in [0.25, 0.3) is 0 Å². The Balaban J connectivity index is 2.22. The van der Waals surface area contributed by atoms with Crippen molar-refractivity contribution in [2.75, 3.05) is 10.6 Å². The largest absolute Gasteiger partial charge is 0.359 e. The van der Waals surface area contributed by atoms with Crippen LogP contribution >= 0.6 is 0 Å². The number of para-hydroxylation sites is 2. The van der Waals surface area contributed by atoms with Gasteiger partial charge in [-0.15, -0.1) is 0 Å². The van der Waals surface area contributed by atoms with Crippen molar-refractivity contribution in [3.63, 3.8) is 0 Å². The number of nitrogens with zero attached hydrogens (tertiary/aromatic N) is 2. The van der Waals surface area contributed by atoms with Gasteiger partial charge < -0.3 is 10.6 Å². The van der Waals surface area contributed by atoms with Crippen LogP contribution in [0.4, 0.5) is 11.4 Å². The van der Waals surface area contributed by atoms with Gasteiger partial charge in [-0.2, -0.15) is 10.5 Å². The van der Waals surface area contributed by atoms with Crippen LogP contribution in [0.3, 0.4) is 0 Å². The van der Waals surface area contributed by atoms with E-state index in [9.17, 15) is 4.79 Å². The second kappa shape index (κ2) is 7.28. The van der Waals surface area contributed by atoms with Crippen molar-refractivity contribution in [2.45, 2.75) is 0 Å². The number of hydrogen-bond acceptors (Lipinski definition) is 4. The molecule has 0 atom stereocenters. The Morgan fingerprint density at radius 1 is 0.955 bits per heavy atom. The highest BCUT2D eigenvalue weighted by molar-refractivity contribution is 6.08. The minimum atomic E-state index is -0.279. The smallest absolute Gasteiger partial charge is 0.257 e. The van der Waals surface area contributed by atoms with Gasteiger partial charge in [-0.1, -0.05) is 30.3 Å². The van der Waals surface area contributed by atoms with Crippen LogP contribution < -0.4 is 10.6 Å². The molecule has 22 heavy (non-hydrogen) atoms. The highest BCUT2D eigenvalue weighted by atomic mass is 16.1. The number of hydrogen-bond donors (Lipinski definition) is 2. The molecule has 0 aliphatic carbocycles. The number of nitriles is 2. The number of carbonyl (C=O) groups is 1. The van der Waals surface area contributed by atoms with Gasteiger partial charge in [0.15, 0.2) is 0 Å². The number of anilines is 2. The molecular formula is C17H12N4O. The van der Waals surface area contributed by atoms with Crippen LogP contribution in [0.5, 0.6) is 0 Å². The molecule has 0 unspecified atom stereocenters. The Morgan fingerprint density at radius 2 is 1.59 bits per heavy atom. The van der Waals surface area contributed by atoms with E-state index in [4.69, 9.17) is 10.5 Å². The van der Waals surface area contributed by atoms with Crippen LogP contribution in [0.15, 0.2) is 66.4 Å². The maximum absolute atomic E-state index is 12.3. The zero-order valence-electron chi connectivity index (χ0n) is 11.6. The lowest BCUT2D eigenvalue weighted by Gasteiger charge is -2.10. The van der Waals surface area contributed by atoms with Crippen molar-refractivity contribution < 1.29 is 4.79 Å². The number of allylic oxidation sites excluding steroid dienone is 1. The minimum absolute atomic E-state index is 0.0710. The molecule has 0 fully saturated rings. The number of carbonyl (C=O) groups excluding carboxylic acids is 1. The van der Waals surface area contributed by atoms with Crippen molar-refractivity contribution in [1.82, 2.24) is 0 Å². The third kappa shape index (κ3) is 3.72. The summed E-state index contributed by atoms with van der Waals surface area (Å²) in [5.74, 6) is -0.279. The summed E-state index contributed by atoms with van der Waals surface area (Å²) in [6.45, 7) is 0. The van der Waals surface area contributed by atoms with E-state index < -0.39 is 0 Å². The summed E-state index contributed by atoms with van der Waals surface area (Å²) in [6.07, 6.45) is 1.27. The average Bonchev–Trinajstić information content (AvgIpc) is 2.57. The standard InChI is InChI=1S/C17H12N4O/c18-10-13(11-19)12-20-16-9-5-4-8-15(16)17(22)21-14-6-2-1-3-7-14/h1-9,12,20H,(H,21,22). The molecule has 0 spiro atoms. The van der Waals surface area contributed by atoms with Crippen molar-refractivity contribution in [1.29, 1.82) is 10.5 Å². The first kappa shape index (κ1) is 14.8. The zero-order valence-corrected chi connectivity index (χ0v) is 11.6. The van der Waals surface area contributed by atoms with Gasteiger partial charge in [0.2, 0.25) is 0 Å². The fraction of sp³-hybridized carbons (Fsp3) is 0. The Bertz CT molecular complexity index is 766. The van der Waals surface area contributed by atoms with Gasteiger partial charge >= 0.3 is 0 Å². The summed E-state index contributed by atoms with van der Waals surface area (Å²) < 4.78 is 0. The number of nitrogens with one attached hydrogen (secondary N) is 2. The second-order valence-electron chi connectivity index (χ2n) is 4.29. The first-order valence-corrected chi connectivity index (χ1v) is 6.47. The number of amides is 1. The van der Waals surface area contributed by atoms with E-state index >= 15 is 0 Å². The summed E-state index contributed by atoms with van der Waals surface area (Å²) in [5, 5.41) is 23.0. The lowest BCUT2D eigenvalue weighted by Crippen LogP contribution is -2.13. The maximum Gasteiger partial charge on any atom is 0.257 e. The molecule has 0 bridgehead atoms. The zero-order chi connectivity index (χ0) is 15.8. The average molecular weight is 288 g/mol. The molecule has 106 valence electrons. The molecule has 1 amide bonds. The first-order chi connectivity index (χ1) is 10.7. The fourth-order valence-corrected chi connectivity index (χ4v) is 1.77. The van der Waals surface area contributed by atoms with Crippen molar-refractivity contribution in [3.05, 3.63) is 71.9 Å². The summed E-state index contributed by atoms with van der Waals surface area (Å²) >= 11 is 0. The van der Waals surface area contributed by atoms with E-state index in [2.05, 4.69) is 10.6 Å². The molecule has 5 heteroatoms. The molecule has 0 saturated heterocycles. The molecule has 2 aromatic rings. The van der Waals surface area contributed by atoms with Crippen molar-refractivity contribution >= 4 is 17.3 Å². The van der Waals surface area contributed by atoms with E-state index in [-0.39, 0.29) is 11.5 Å². The van der Waals surface area contributed by atoms with Crippen molar-refractivity contribution in [2.24, 2.45) is 0 Å². The molecule has 0 saturated carbocycles. The predicted molar refractivity (Wildman–Crippen MR) is 83.8 cm³/mol. The van der Waals surface area contributed by atoms with E-state index in [1.54, 1.807) is 48.5 Å². The summed E-state index contributed by atoms with van der Waals surface area (Å²) in [6, 6.07) is 19.4. The highest BCUT2D eigenvalue weighted by Gasteiger charge is 2.10. The molecule has 0 heterocycles. The summed E-state index contributed by atoms with van der Waals surface area (Å²) in [4.78, 5) is 12.3. The normalized spacial score (nSPS) is 9.00. The van der Waals surface area contributed by atoms with E-state index in [0.29, 0.717) is 16.9 Å². The number of rotatable bonds is 4. The van der Waals surface area contributed by atoms with Gasteiger partial charge in [0.1, 0.15) is 17.7 Å². The van der Waals surface area contributed by atoms with Crippen LogP contribution in [0.1, 0.15) is 10.4 Å². The Labute approximate surface area is 128 Å². The third-order valence-corrected chi connectivity index (χ3v) is 2.82. The molecule has 2 rings (SSSR count). The van der Waals surface area contributed by atoms with Crippen LogP contribution in [-0.2, 0) is 0 Å². The molecule has 0 radical (unpaired) electrons. The fourth-order valence-electron chi connectivity index (χ4n) is 1.77. The molecule has 0 aliphatic heterocycles. The number of benzene rings is 2. The third-order valence-electron chi connectivity index (χ3n) is 2.82. The molecule has 5 nitrogen and oxygen atoms in total. The van der Waals surface area contributed by atoms with Gasteiger partial charge in [-0.25, -0.2) is 0 Å². The molecule has 0 aliphatic rings.